The quantitative estimate of drug-likeness (QED) is 0.734. The zero-order valence-electron chi connectivity index (χ0n) is 14.4. The van der Waals surface area contributed by atoms with Crippen LogP contribution in [-0.4, -0.2) is 26.6 Å². The molecule has 6 nitrogen and oxygen atoms in total. The fourth-order valence-corrected chi connectivity index (χ4v) is 4.12. The summed E-state index contributed by atoms with van der Waals surface area (Å²) in [5, 5.41) is 0. The van der Waals surface area contributed by atoms with Crippen molar-refractivity contribution in [2.45, 2.75) is 10.9 Å². The van der Waals surface area contributed by atoms with Gasteiger partial charge in [-0.25, -0.2) is 8.42 Å². The molecule has 2 aromatic carbocycles. The third-order valence-electron chi connectivity index (χ3n) is 4.21. The van der Waals surface area contributed by atoms with Gasteiger partial charge in [0, 0.05) is 12.3 Å². The van der Waals surface area contributed by atoms with Crippen molar-refractivity contribution in [2.75, 3.05) is 13.2 Å². The van der Waals surface area contributed by atoms with Crippen molar-refractivity contribution in [3.63, 3.8) is 0 Å². The number of hydrogen-bond donors (Lipinski definition) is 1. The van der Waals surface area contributed by atoms with E-state index in [1.165, 1.54) is 12.1 Å². The van der Waals surface area contributed by atoms with Gasteiger partial charge in [0.2, 0.25) is 10.0 Å². The predicted octanol–water partition coefficient (Wildman–Crippen LogP) is 2.92. The van der Waals surface area contributed by atoms with Gasteiger partial charge in [-0.3, -0.25) is 4.98 Å². The lowest BCUT2D eigenvalue weighted by molar-refractivity contribution is 0.171. The van der Waals surface area contributed by atoms with Gasteiger partial charge in [0.1, 0.15) is 13.2 Å². The molecule has 1 atom stereocenters. The van der Waals surface area contributed by atoms with E-state index in [2.05, 4.69) is 9.71 Å². The summed E-state index contributed by atoms with van der Waals surface area (Å²) in [6.07, 6.45) is 1.64. The number of nitrogens with zero attached hydrogens (tertiary/aromatic N) is 1. The van der Waals surface area contributed by atoms with Gasteiger partial charge in [0.05, 0.1) is 16.6 Å². The van der Waals surface area contributed by atoms with Crippen LogP contribution >= 0.6 is 0 Å². The minimum Gasteiger partial charge on any atom is -0.486 e. The Balaban J connectivity index is 1.70. The molecule has 0 saturated heterocycles. The molecule has 1 N–H and O–H groups in total. The second-order valence-corrected chi connectivity index (χ2v) is 7.74. The number of rotatable bonds is 5. The lowest BCUT2D eigenvalue weighted by Crippen LogP contribution is -2.30. The molecule has 1 unspecified atom stereocenters. The molecule has 0 fully saturated rings. The first-order valence-electron chi connectivity index (χ1n) is 8.51. The average molecular weight is 382 g/mol. The fraction of sp³-hybridized carbons (Fsp3) is 0.150. The van der Waals surface area contributed by atoms with E-state index < -0.39 is 16.1 Å². The van der Waals surface area contributed by atoms with E-state index in [0.717, 1.165) is 5.56 Å². The van der Waals surface area contributed by atoms with Crippen molar-refractivity contribution >= 4 is 10.0 Å². The van der Waals surface area contributed by atoms with Crippen LogP contribution in [0.3, 0.4) is 0 Å². The van der Waals surface area contributed by atoms with Gasteiger partial charge in [0.15, 0.2) is 11.5 Å². The molecule has 0 radical (unpaired) electrons. The summed E-state index contributed by atoms with van der Waals surface area (Å²) >= 11 is 0. The third kappa shape index (κ3) is 3.79. The van der Waals surface area contributed by atoms with Gasteiger partial charge in [0.25, 0.3) is 0 Å². The standard InChI is InChI=1S/C20H18N2O4S/c23-27(24,16-9-10-18-19(14-16)26-13-12-25-18)22-20(15-6-2-1-3-7-15)17-8-4-5-11-21-17/h1-11,14,20,22H,12-13H2. The number of benzene rings is 2. The summed E-state index contributed by atoms with van der Waals surface area (Å²) in [6, 6.07) is 18.8. The molecule has 7 heteroatoms. The molecule has 1 aromatic heterocycles. The number of fused-ring (bicyclic) bond motifs is 1. The highest BCUT2D eigenvalue weighted by molar-refractivity contribution is 7.89. The van der Waals surface area contributed by atoms with Gasteiger partial charge in [-0.05, 0) is 29.8 Å². The Morgan fingerprint density at radius 3 is 2.37 bits per heavy atom. The molecule has 0 saturated carbocycles. The minimum absolute atomic E-state index is 0.114. The highest BCUT2D eigenvalue weighted by Crippen LogP contribution is 2.33. The topological polar surface area (TPSA) is 77.5 Å². The maximum Gasteiger partial charge on any atom is 0.241 e. The van der Waals surface area contributed by atoms with Crippen LogP contribution in [0, 0.1) is 0 Å². The van der Waals surface area contributed by atoms with E-state index in [-0.39, 0.29) is 4.90 Å². The second-order valence-electron chi connectivity index (χ2n) is 6.03. The summed E-state index contributed by atoms with van der Waals surface area (Å²) in [4.78, 5) is 4.45. The highest BCUT2D eigenvalue weighted by Gasteiger charge is 2.25. The molecule has 4 rings (SSSR count). The van der Waals surface area contributed by atoms with E-state index in [9.17, 15) is 8.42 Å². The predicted molar refractivity (Wildman–Crippen MR) is 100 cm³/mol. The molecule has 3 aromatic rings. The minimum atomic E-state index is -3.81. The number of aromatic nitrogens is 1. The zero-order valence-corrected chi connectivity index (χ0v) is 15.2. The van der Waals surface area contributed by atoms with Crippen LogP contribution in [0.15, 0.2) is 77.8 Å². The van der Waals surface area contributed by atoms with Crippen molar-refractivity contribution < 1.29 is 17.9 Å². The fourth-order valence-electron chi connectivity index (χ4n) is 2.91. The molecule has 0 bridgehead atoms. The van der Waals surface area contributed by atoms with Gasteiger partial charge < -0.3 is 9.47 Å². The Hall–Kier alpha value is -2.90. The molecule has 138 valence electrons. The Bertz CT molecular complexity index is 985. The number of sulfonamides is 1. The van der Waals surface area contributed by atoms with Crippen LogP contribution in [0.2, 0.25) is 0 Å². The normalized spacial score (nSPS) is 14.5. The van der Waals surface area contributed by atoms with Crippen LogP contribution in [0.5, 0.6) is 11.5 Å². The Kier molecular flexibility index (Phi) is 4.79. The maximum absolute atomic E-state index is 13.0. The van der Waals surface area contributed by atoms with Crippen LogP contribution in [-0.2, 0) is 10.0 Å². The second kappa shape index (κ2) is 7.38. The van der Waals surface area contributed by atoms with E-state index >= 15 is 0 Å². The molecular formula is C20H18N2O4S. The van der Waals surface area contributed by atoms with E-state index in [4.69, 9.17) is 9.47 Å². The van der Waals surface area contributed by atoms with Crippen molar-refractivity contribution in [3.05, 3.63) is 84.2 Å². The maximum atomic E-state index is 13.0. The molecular weight excluding hydrogens is 364 g/mol. The van der Waals surface area contributed by atoms with Crippen molar-refractivity contribution in [3.8, 4) is 11.5 Å². The van der Waals surface area contributed by atoms with Crippen LogP contribution < -0.4 is 14.2 Å². The van der Waals surface area contributed by atoms with Crippen LogP contribution in [0.25, 0.3) is 0 Å². The van der Waals surface area contributed by atoms with Gasteiger partial charge in [-0.15, -0.1) is 0 Å². The van der Waals surface area contributed by atoms with Crippen molar-refractivity contribution in [2.24, 2.45) is 0 Å². The van der Waals surface area contributed by atoms with Gasteiger partial charge >= 0.3 is 0 Å². The summed E-state index contributed by atoms with van der Waals surface area (Å²) in [5.41, 5.74) is 1.42. The van der Waals surface area contributed by atoms with E-state index in [1.807, 2.05) is 36.4 Å². The molecule has 0 aliphatic carbocycles. The number of pyridine rings is 1. The highest BCUT2D eigenvalue weighted by atomic mass is 32.2. The molecule has 27 heavy (non-hydrogen) atoms. The number of ether oxygens (including phenoxy) is 2. The third-order valence-corrected chi connectivity index (χ3v) is 5.63. The molecule has 1 aliphatic rings. The van der Waals surface area contributed by atoms with E-state index in [1.54, 1.807) is 24.4 Å². The monoisotopic (exact) mass is 382 g/mol. The van der Waals surface area contributed by atoms with Crippen LogP contribution in [0.1, 0.15) is 17.3 Å². The Morgan fingerprint density at radius 1 is 0.889 bits per heavy atom. The first kappa shape index (κ1) is 17.5. The Labute approximate surface area is 157 Å². The largest absolute Gasteiger partial charge is 0.486 e. The first-order valence-corrected chi connectivity index (χ1v) is 10.00. The Morgan fingerprint density at radius 2 is 1.63 bits per heavy atom. The first-order chi connectivity index (χ1) is 13.1. The summed E-state index contributed by atoms with van der Waals surface area (Å²) in [7, 11) is -3.81. The lowest BCUT2D eigenvalue weighted by Gasteiger charge is -2.21. The summed E-state index contributed by atoms with van der Waals surface area (Å²) < 4.78 is 39.8. The summed E-state index contributed by atoms with van der Waals surface area (Å²) in [6.45, 7) is 0.845. The van der Waals surface area contributed by atoms with Gasteiger partial charge in [-0.1, -0.05) is 36.4 Å². The molecule has 0 spiro atoms. The average Bonchev–Trinajstić information content (AvgIpc) is 2.73. The van der Waals surface area contributed by atoms with Crippen molar-refractivity contribution in [1.82, 2.24) is 9.71 Å². The summed E-state index contributed by atoms with van der Waals surface area (Å²) in [5.74, 6) is 0.975. The molecule has 2 heterocycles. The molecule has 0 amide bonds. The lowest BCUT2D eigenvalue weighted by atomic mass is 10.0. The van der Waals surface area contributed by atoms with Gasteiger partial charge in [-0.2, -0.15) is 4.72 Å². The molecule has 1 aliphatic heterocycles. The number of nitrogens with one attached hydrogen (secondary N) is 1. The smallest absolute Gasteiger partial charge is 0.241 e. The zero-order chi connectivity index (χ0) is 18.7. The van der Waals surface area contributed by atoms with E-state index in [0.29, 0.717) is 30.4 Å². The SMILES string of the molecule is O=S(=O)(NC(c1ccccc1)c1ccccn1)c1ccc2c(c1)OCCO2. The van der Waals surface area contributed by atoms with Crippen molar-refractivity contribution in [1.29, 1.82) is 0 Å². The van der Waals surface area contributed by atoms with Crippen LogP contribution in [0.4, 0.5) is 0 Å². The number of hydrogen-bond acceptors (Lipinski definition) is 5.